The maximum Gasteiger partial charge on any atom is 0.268 e. The minimum atomic E-state index is -0.798. The van der Waals surface area contributed by atoms with Crippen molar-refractivity contribution >= 4 is 31.9 Å². The molecule has 0 saturated carbocycles. The van der Waals surface area contributed by atoms with E-state index < -0.39 is 5.92 Å². The van der Waals surface area contributed by atoms with Gasteiger partial charge in [0.25, 0.3) is 11.1 Å². The van der Waals surface area contributed by atoms with Crippen LogP contribution in [0.15, 0.2) is 103 Å². The number of halogens is 2. The summed E-state index contributed by atoms with van der Waals surface area (Å²) in [5, 5.41) is 11.7. The summed E-state index contributed by atoms with van der Waals surface area (Å²) >= 11 is 7.16. The molecule has 0 fully saturated rings. The lowest BCUT2D eigenvalue weighted by molar-refractivity contribution is 0.282. The van der Waals surface area contributed by atoms with E-state index in [4.69, 9.17) is 9.47 Å². The Hall–Kier alpha value is -4.54. The molecular formula is C35H30Br2N4O4. The fourth-order valence-corrected chi connectivity index (χ4v) is 6.28. The van der Waals surface area contributed by atoms with Crippen LogP contribution in [0, 0.1) is 13.8 Å². The van der Waals surface area contributed by atoms with Crippen LogP contribution in [0.5, 0.6) is 11.5 Å². The van der Waals surface area contributed by atoms with Crippen LogP contribution in [-0.2, 0) is 6.61 Å². The Morgan fingerprint density at radius 2 is 1.20 bits per heavy atom. The zero-order chi connectivity index (χ0) is 31.7. The zero-order valence-corrected chi connectivity index (χ0v) is 27.9. The quantitative estimate of drug-likeness (QED) is 0.121. The summed E-state index contributed by atoms with van der Waals surface area (Å²) in [6.07, 6.45) is 0. The Kier molecular flexibility index (Phi) is 8.69. The minimum absolute atomic E-state index is 0.315. The molecular weight excluding hydrogens is 700 g/mol. The van der Waals surface area contributed by atoms with Gasteiger partial charge in [0.15, 0.2) is 11.5 Å². The standard InChI is InChI=1S/C35H30Br2N4O4/c1-19-4-10-22(11-5-19)31-29(34(42)40-38-31)28(30-32(39-41-35(30)43)23-12-6-20(2)7-13-23)24-16-26(37)33(27(17-24)44-3)45-18-21-8-14-25(36)15-9-21/h4-17,28H,18H2,1-3H3,(H2,38,40,42)(H2,39,41,43). The number of aromatic nitrogens is 4. The van der Waals surface area contributed by atoms with Crippen LogP contribution in [0.4, 0.5) is 0 Å². The topological polar surface area (TPSA) is 116 Å². The van der Waals surface area contributed by atoms with Crippen molar-refractivity contribution in [2.24, 2.45) is 0 Å². The lowest BCUT2D eigenvalue weighted by Crippen LogP contribution is -2.20. The Morgan fingerprint density at radius 1 is 0.689 bits per heavy atom. The fraction of sp³-hybridized carbons (Fsp3) is 0.143. The van der Waals surface area contributed by atoms with E-state index in [1.165, 1.54) is 0 Å². The van der Waals surface area contributed by atoms with Gasteiger partial charge < -0.3 is 9.47 Å². The van der Waals surface area contributed by atoms with Crippen LogP contribution >= 0.6 is 31.9 Å². The molecule has 0 bridgehead atoms. The molecule has 0 spiro atoms. The van der Waals surface area contributed by atoms with Gasteiger partial charge in [-0.05, 0) is 76.3 Å². The highest BCUT2D eigenvalue weighted by Crippen LogP contribution is 2.44. The van der Waals surface area contributed by atoms with Gasteiger partial charge in [0.05, 0.1) is 34.1 Å². The van der Waals surface area contributed by atoms with Crippen LogP contribution in [0.25, 0.3) is 22.5 Å². The predicted octanol–water partition coefficient (Wildman–Crippen LogP) is 7.96. The zero-order valence-electron chi connectivity index (χ0n) is 24.8. The average Bonchev–Trinajstić information content (AvgIpc) is 3.60. The summed E-state index contributed by atoms with van der Waals surface area (Å²) in [4.78, 5) is 27.4. The molecule has 10 heteroatoms. The molecule has 2 aromatic heterocycles. The summed E-state index contributed by atoms with van der Waals surface area (Å²) < 4.78 is 13.6. The molecule has 228 valence electrons. The first kappa shape index (κ1) is 30.5. The molecule has 0 aliphatic carbocycles. The van der Waals surface area contributed by atoms with Crippen molar-refractivity contribution in [1.82, 2.24) is 20.4 Å². The van der Waals surface area contributed by atoms with Crippen molar-refractivity contribution in [2.75, 3.05) is 7.11 Å². The summed E-state index contributed by atoms with van der Waals surface area (Å²) in [5.74, 6) is 0.161. The van der Waals surface area contributed by atoms with Gasteiger partial charge in [0, 0.05) is 10.4 Å². The van der Waals surface area contributed by atoms with E-state index in [-0.39, 0.29) is 11.1 Å². The van der Waals surface area contributed by atoms with Crippen molar-refractivity contribution in [3.63, 3.8) is 0 Å². The van der Waals surface area contributed by atoms with Crippen molar-refractivity contribution in [1.29, 1.82) is 0 Å². The number of nitrogens with one attached hydrogen (secondary N) is 4. The van der Waals surface area contributed by atoms with Gasteiger partial charge in [-0.2, -0.15) is 0 Å². The van der Waals surface area contributed by atoms with Crippen molar-refractivity contribution in [3.05, 3.63) is 148 Å². The average molecular weight is 730 g/mol. The SMILES string of the molecule is COc1cc(C(c2c(-c3ccc(C)cc3)[nH][nH]c2=O)c2c(-c3ccc(C)cc3)[nH][nH]c2=O)cc(Br)c1OCc1ccc(Br)cc1. The molecule has 4 aromatic carbocycles. The molecule has 0 amide bonds. The normalized spacial score (nSPS) is 11.2. The highest BCUT2D eigenvalue weighted by Gasteiger charge is 2.32. The molecule has 0 aliphatic heterocycles. The molecule has 0 aliphatic rings. The van der Waals surface area contributed by atoms with E-state index in [0.29, 0.717) is 50.7 Å². The van der Waals surface area contributed by atoms with E-state index in [2.05, 4.69) is 52.3 Å². The third-order valence-electron chi connectivity index (χ3n) is 7.77. The molecule has 6 rings (SSSR count). The maximum atomic E-state index is 13.7. The van der Waals surface area contributed by atoms with Gasteiger partial charge in [-0.1, -0.05) is 87.7 Å². The highest BCUT2D eigenvalue weighted by atomic mass is 79.9. The molecule has 8 nitrogen and oxygen atoms in total. The predicted molar refractivity (Wildman–Crippen MR) is 183 cm³/mol. The summed E-state index contributed by atoms with van der Waals surface area (Å²) in [6, 6.07) is 27.3. The third-order valence-corrected chi connectivity index (χ3v) is 8.89. The van der Waals surface area contributed by atoms with Crippen molar-refractivity contribution in [2.45, 2.75) is 26.4 Å². The Balaban J connectivity index is 1.54. The van der Waals surface area contributed by atoms with Crippen LogP contribution in [0.1, 0.15) is 39.3 Å². The largest absolute Gasteiger partial charge is 0.493 e. The number of aromatic amines is 4. The van der Waals surface area contributed by atoms with Crippen molar-refractivity contribution in [3.8, 4) is 34.0 Å². The number of hydrogen-bond donors (Lipinski definition) is 4. The molecule has 4 N–H and O–H groups in total. The number of hydrogen-bond acceptors (Lipinski definition) is 4. The van der Waals surface area contributed by atoms with E-state index >= 15 is 0 Å². The van der Waals surface area contributed by atoms with Gasteiger partial charge in [-0.3, -0.25) is 30.0 Å². The van der Waals surface area contributed by atoms with Crippen molar-refractivity contribution < 1.29 is 9.47 Å². The molecule has 0 radical (unpaired) electrons. The van der Waals surface area contributed by atoms with Crippen LogP contribution in [0.3, 0.4) is 0 Å². The third kappa shape index (κ3) is 6.21. The monoisotopic (exact) mass is 728 g/mol. The van der Waals surface area contributed by atoms with Crippen LogP contribution in [0.2, 0.25) is 0 Å². The first-order valence-electron chi connectivity index (χ1n) is 14.2. The molecule has 0 unspecified atom stereocenters. The molecule has 6 aromatic rings. The molecule has 0 saturated heterocycles. The first-order valence-corrected chi connectivity index (χ1v) is 15.8. The van der Waals surface area contributed by atoms with Gasteiger partial charge in [-0.15, -0.1) is 0 Å². The molecule has 45 heavy (non-hydrogen) atoms. The number of ether oxygens (including phenoxy) is 2. The molecule has 2 heterocycles. The van der Waals surface area contributed by atoms with E-state index in [1.807, 2.05) is 98.8 Å². The fourth-order valence-electron chi connectivity index (χ4n) is 5.44. The summed E-state index contributed by atoms with van der Waals surface area (Å²) in [6.45, 7) is 4.32. The van der Waals surface area contributed by atoms with E-state index in [0.717, 1.165) is 32.3 Å². The van der Waals surface area contributed by atoms with Gasteiger partial charge >= 0.3 is 0 Å². The first-order chi connectivity index (χ1) is 21.7. The number of aryl methyl sites for hydroxylation is 2. The van der Waals surface area contributed by atoms with Crippen LogP contribution < -0.4 is 20.6 Å². The maximum absolute atomic E-state index is 13.7. The Bertz CT molecular complexity index is 1980. The number of rotatable bonds is 9. The second kappa shape index (κ2) is 12.8. The van der Waals surface area contributed by atoms with Crippen LogP contribution in [-0.4, -0.2) is 27.5 Å². The van der Waals surface area contributed by atoms with Gasteiger partial charge in [-0.25, -0.2) is 0 Å². The Labute approximate surface area is 276 Å². The second-order valence-electron chi connectivity index (χ2n) is 10.8. The van der Waals surface area contributed by atoms with E-state index in [9.17, 15) is 9.59 Å². The lowest BCUT2D eigenvalue weighted by Gasteiger charge is -2.21. The van der Waals surface area contributed by atoms with Gasteiger partial charge in [0.2, 0.25) is 0 Å². The number of methoxy groups -OCH3 is 1. The molecule has 0 atom stereocenters. The Morgan fingerprint density at radius 3 is 1.69 bits per heavy atom. The second-order valence-corrected chi connectivity index (χ2v) is 12.6. The number of H-pyrrole nitrogens is 4. The number of benzene rings is 4. The highest BCUT2D eigenvalue weighted by molar-refractivity contribution is 9.10. The summed E-state index contributed by atoms with van der Waals surface area (Å²) in [7, 11) is 1.56. The van der Waals surface area contributed by atoms with Gasteiger partial charge in [0.1, 0.15) is 6.61 Å². The lowest BCUT2D eigenvalue weighted by atomic mass is 9.83. The minimum Gasteiger partial charge on any atom is -0.493 e. The smallest absolute Gasteiger partial charge is 0.268 e. The summed E-state index contributed by atoms with van der Waals surface area (Å²) in [5.41, 5.74) is 6.74. The van der Waals surface area contributed by atoms with E-state index in [1.54, 1.807) is 7.11 Å².